The first-order valence-corrected chi connectivity index (χ1v) is 15.6. The molecule has 10 atom stereocenters. The predicted molar refractivity (Wildman–Crippen MR) is 148 cm³/mol. The summed E-state index contributed by atoms with van der Waals surface area (Å²) in [6, 6.07) is 9.47. The van der Waals surface area contributed by atoms with Crippen molar-refractivity contribution in [3.8, 4) is 0 Å². The van der Waals surface area contributed by atoms with Gasteiger partial charge in [-0.2, -0.15) is 0 Å². The lowest BCUT2D eigenvalue weighted by Crippen LogP contribution is -2.59. The zero-order valence-corrected chi connectivity index (χ0v) is 24.0. The molecule has 5 aliphatic rings. The molecule has 3 heteroatoms. The van der Waals surface area contributed by atoms with Crippen molar-refractivity contribution in [3.63, 3.8) is 0 Å². The Morgan fingerprint density at radius 3 is 2.54 bits per heavy atom. The summed E-state index contributed by atoms with van der Waals surface area (Å²) < 4.78 is 12.8. The van der Waals surface area contributed by atoms with Crippen LogP contribution >= 0.6 is 0 Å². The summed E-state index contributed by atoms with van der Waals surface area (Å²) in [7, 11) is 0. The van der Waals surface area contributed by atoms with Gasteiger partial charge in [-0.05, 0) is 98.0 Å². The summed E-state index contributed by atoms with van der Waals surface area (Å²) in [5, 5.41) is 0. The highest BCUT2D eigenvalue weighted by atomic mass is 16.6. The number of hydrogen-bond acceptors (Lipinski definition) is 3. The molecule has 4 aliphatic carbocycles. The number of hydrogen-bond donors (Lipinski definition) is 0. The summed E-state index contributed by atoms with van der Waals surface area (Å²) in [5.74, 6) is 4.87. The van der Waals surface area contributed by atoms with Crippen molar-refractivity contribution >= 4 is 5.97 Å². The Balaban J connectivity index is 1.14. The van der Waals surface area contributed by atoms with Crippen molar-refractivity contribution < 1.29 is 14.3 Å². The predicted octanol–water partition coefficient (Wildman–Crippen LogP) is 8.46. The van der Waals surface area contributed by atoms with Crippen LogP contribution in [0.15, 0.2) is 30.3 Å². The highest BCUT2D eigenvalue weighted by molar-refractivity contribution is 5.89. The van der Waals surface area contributed by atoms with E-state index in [1.54, 1.807) is 0 Å². The standard InChI is InChI=1S/C34H50O3/c1-22(2)10-9-11-23(3)27-14-15-28-26-20-30-34(37-30)21-25(36-31(35)24-12-7-6-8-13-24)16-19-33(34,5)29(26)17-18-32(27,28)4/h6-8,12-13,22-23,25-30H,9-11,14-21H2,1-5H3/t23-,25-,26-,27+,28+,29+,30-,32+,33+,34+/m0/s1. The molecule has 5 fully saturated rings. The van der Waals surface area contributed by atoms with Crippen LogP contribution in [0.4, 0.5) is 0 Å². The molecule has 0 unspecified atom stereocenters. The molecule has 204 valence electrons. The van der Waals surface area contributed by atoms with Crippen molar-refractivity contribution in [3.05, 3.63) is 35.9 Å². The van der Waals surface area contributed by atoms with Crippen LogP contribution in [0.25, 0.3) is 0 Å². The monoisotopic (exact) mass is 506 g/mol. The molecule has 0 N–H and O–H groups in total. The minimum atomic E-state index is -0.176. The van der Waals surface area contributed by atoms with Gasteiger partial charge in [0, 0.05) is 11.8 Å². The molecule has 37 heavy (non-hydrogen) atoms. The summed E-state index contributed by atoms with van der Waals surface area (Å²) in [4.78, 5) is 12.8. The van der Waals surface area contributed by atoms with E-state index in [0.717, 1.165) is 54.8 Å². The second-order valence-corrected chi connectivity index (χ2v) is 14.7. The third kappa shape index (κ3) is 4.12. The smallest absolute Gasteiger partial charge is 0.338 e. The van der Waals surface area contributed by atoms with Gasteiger partial charge in [0.05, 0.1) is 11.7 Å². The van der Waals surface area contributed by atoms with Crippen molar-refractivity contribution in [2.45, 2.75) is 123 Å². The van der Waals surface area contributed by atoms with Crippen LogP contribution in [0, 0.1) is 46.3 Å². The maximum Gasteiger partial charge on any atom is 0.338 e. The van der Waals surface area contributed by atoms with Gasteiger partial charge in [-0.25, -0.2) is 4.79 Å². The second kappa shape index (κ2) is 9.39. The van der Waals surface area contributed by atoms with Crippen LogP contribution in [0.3, 0.4) is 0 Å². The van der Waals surface area contributed by atoms with Gasteiger partial charge < -0.3 is 9.47 Å². The van der Waals surface area contributed by atoms with Gasteiger partial charge in [0.25, 0.3) is 0 Å². The zero-order chi connectivity index (χ0) is 26.0. The average Bonchev–Trinajstić information content (AvgIpc) is 3.45. The van der Waals surface area contributed by atoms with Crippen LogP contribution in [-0.2, 0) is 9.47 Å². The molecule has 1 aromatic carbocycles. The normalized spacial score (nSPS) is 44.8. The summed E-state index contributed by atoms with van der Waals surface area (Å²) in [6.07, 6.45) is 14.5. The molecular formula is C34H50O3. The molecule has 1 aliphatic heterocycles. The largest absolute Gasteiger partial charge is 0.459 e. The lowest BCUT2D eigenvalue weighted by molar-refractivity contribution is -0.118. The van der Waals surface area contributed by atoms with Crippen molar-refractivity contribution in [2.75, 3.05) is 0 Å². The zero-order valence-electron chi connectivity index (χ0n) is 24.0. The Bertz CT molecular complexity index is 988. The summed E-state index contributed by atoms with van der Waals surface area (Å²) in [5.41, 5.74) is 1.36. The first-order chi connectivity index (χ1) is 17.7. The Labute approximate surface area is 225 Å². The van der Waals surface area contributed by atoms with Crippen molar-refractivity contribution in [1.29, 1.82) is 0 Å². The van der Waals surface area contributed by atoms with E-state index in [4.69, 9.17) is 9.47 Å². The van der Waals surface area contributed by atoms with E-state index in [2.05, 4.69) is 34.6 Å². The van der Waals surface area contributed by atoms with Crippen LogP contribution in [-0.4, -0.2) is 23.8 Å². The van der Waals surface area contributed by atoms with Crippen LogP contribution in [0.1, 0.15) is 116 Å². The lowest BCUT2D eigenvalue weighted by atomic mass is 9.44. The van der Waals surface area contributed by atoms with E-state index in [0.29, 0.717) is 17.1 Å². The summed E-state index contributed by atoms with van der Waals surface area (Å²) in [6.45, 7) is 12.5. The lowest BCUT2D eigenvalue weighted by Gasteiger charge is -2.59. The maximum absolute atomic E-state index is 12.8. The van der Waals surface area contributed by atoms with Gasteiger partial charge in [0.2, 0.25) is 0 Å². The maximum atomic E-state index is 12.8. The fraction of sp³-hybridized carbons (Fsp3) is 0.794. The average molecular weight is 507 g/mol. The van der Waals surface area contributed by atoms with E-state index >= 15 is 0 Å². The molecule has 1 saturated heterocycles. The van der Waals surface area contributed by atoms with E-state index < -0.39 is 0 Å². The Hall–Kier alpha value is -1.35. The minimum Gasteiger partial charge on any atom is -0.459 e. The SMILES string of the molecule is CC(C)CCC[C@H](C)[C@H]1CC[C@@H]2[C@@H]3C[C@@H]4O[C@]45C[C@@H](OC(=O)c4ccccc4)CC[C@]5(C)[C@@H]3CC[C@@]21C. The number of rotatable bonds is 7. The van der Waals surface area contributed by atoms with E-state index in [1.165, 1.54) is 51.4 Å². The van der Waals surface area contributed by atoms with Crippen molar-refractivity contribution in [1.82, 2.24) is 0 Å². The van der Waals surface area contributed by atoms with E-state index in [1.807, 2.05) is 30.3 Å². The Morgan fingerprint density at radius 1 is 1.00 bits per heavy atom. The molecular weight excluding hydrogens is 456 g/mol. The molecule has 0 bridgehead atoms. The highest BCUT2D eigenvalue weighted by Crippen LogP contribution is 2.74. The van der Waals surface area contributed by atoms with Crippen molar-refractivity contribution in [2.24, 2.45) is 46.3 Å². The van der Waals surface area contributed by atoms with Gasteiger partial charge in [-0.3, -0.25) is 0 Å². The third-order valence-electron chi connectivity index (χ3n) is 12.5. The van der Waals surface area contributed by atoms with Gasteiger partial charge >= 0.3 is 5.97 Å². The number of esters is 1. The quantitative estimate of drug-likeness (QED) is 0.275. The second-order valence-electron chi connectivity index (χ2n) is 14.7. The first-order valence-electron chi connectivity index (χ1n) is 15.6. The fourth-order valence-electron chi connectivity index (χ4n) is 10.6. The fourth-order valence-corrected chi connectivity index (χ4v) is 10.6. The number of benzene rings is 1. The topological polar surface area (TPSA) is 38.8 Å². The molecule has 0 radical (unpaired) electrons. The molecule has 4 saturated carbocycles. The van der Waals surface area contributed by atoms with Crippen LogP contribution in [0.5, 0.6) is 0 Å². The summed E-state index contributed by atoms with van der Waals surface area (Å²) >= 11 is 0. The molecule has 1 spiro atoms. The molecule has 0 aromatic heterocycles. The van der Waals surface area contributed by atoms with Gasteiger partial charge in [0.1, 0.15) is 11.7 Å². The van der Waals surface area contributed by atoms with Crippen LogP contribution in [0.2, 0.25) is 0 Å². The highest BCUT2D eigenvalue weighted by Gasteiger charge is 2.76. The number of ether oxygens (including phenoxy) is 2. The molecule has 1 heterocycles. The third-order valence-corrected chi connectivity index (χ3v) is 12.5. The molecule has 6 rings (SSSR count). The van der Waals surface area contributed by atoms with Gasteiger partial charge in [-0.15, -0.1) is 0 Å². The minimum absolute atomic E-state index is 0.0151. The number of epoxide rings is 1. The van der Waals surface area contributed by atoms with Crippen LogP contribution < -0.4 is 0 Å². The van der Waals surface area contributed by atoms with E-state index in [-0.39, 0.29) is 23.1 Å². The number of carbonyl (C=O) groups is 1. The molecule has 1 aromatic rings. The Kier molecular flexibility index (Phi) is 6.57. The number of fused-ring (bicyclic) bond motifs is 4. The van der Waals surface area contributed by atoms with Gasteiger partial charge in [-0.1, -0.05) is 72.1 Å². The molecule has 3 nitrogen and oxygen atoms in total. The number of carbonyl (C=O) groups excluding carboxylic acids is 1. The molecule has 0 amide bonds. The van der Waals surface area contributed by atoms with E-state index in [9.17, 15) is 4.79 Å². The van der Waals surface area contributed by atoms with Gasteiger partial charge in [0.15, 0.2) is 0 Å². The Morgan fingerprint density at radius 2 is 1.78 bits per heavy atom. The first kappa shape index (κ1) is 25.9.